The molecular formula is C28H30N6. The molecule has 0 saturated carbocycles. The lowest BCUT2D eigenvalue weighted by Gasteiger charge is -2.36. The first kappa shape index (κ1) is 21.9. The van der Waals surface area contributed by atoms with Crippen molar-refractivity contribution in [3.63, 3.8) is 0 Å². The number of nitrogens with zero attached hydrogens (tertiary/aromatic N) is 3. The van der Waals surface area contributed by atoms with Gasteiger partial charge in [-0.15, -0.1) is 0 Å². The molecular weight excluding hydrogens is 420 g/mol. The van der Waals surface area contributed by atoms with Gasteiger partial charge < -0.3 is 10.8 Å². The number of H-pyrrole nitrogens is 1. The second-order valence-electron chi connectivity index (χ2n) is 9.11. The Hall–Kier alpha value is -3.90. The molecule has 1 aromatic heterocycles. The van der Waals surface area contributed by atoms with E-state index in [-0.39, 0.29) is 6.04 Å². The number of para-hydroxylation sites is 1. The lowest BCUT2D eigenvalue weighted by Crippen LogP contribution is -2.35. The monoisotopic (exact) mass is 450 g/mol. The van der Waals surface area contributed by atoms with Gasteiger partial charge in [-0.05, 0) is 54.7 Å². The van der Waals surface area contributed by atoms with Gasteiger partial charge >= 0.3 is 0 Å². The van der Waals surface area contributed by atoms with Gasteiger partial charge in [0.1, 0.15) is 0 Å². The number of benzene rings is 3. The smallest absolute Gasteiger partial charge is 0.0760 e. The van der Waals surface area contributed by atoms with Gasteiger partial charge in [0.2, 0.25) is 0 Å². The highest BCUT2D eigenvalue weighted by Gasteiger charge is 2.32. The molecule has 0 amide bonds. The Balaban J connectivity index is 1.59. The minimum absolute atomic E-state index is 0.0980. The maximum Gasteiger partial charge on any atom is 0.0760 e. The van der Waals surface area contributed by atoms with Crippen molar-refractivity contribution >= 4 is 16.6 Å². The van der Waals surface area contributed by atoms with Crippen molar-refractivity contribution in [2.45, 2.75) is 32.9 Å². The summed E-state index contributed by atoms with van der Waals surface area (Å²) in [6.07, 6.45) is 1.02. The SMILES string of the molecule is C=C(NN=NN)c1cccc(C2c3[nH]c4ccccc4c3CCN2Cc2cc(C)cc(C)c2)c1. The van der Waals surface area contributed by atoms with Crippen LogP contribution in [-0.4, -0.2) is 16.4 Å². The fraction of sp³-hybridized carbons (Fsp3) is 0.214. The lowest BCUT2D eigenvalue weighted by molar-refractivity contribution is 0.202. The molecule has 5 rings (SSSR count). The molecule has 1 unspecified atom stereocenters. The van der Waals surface area contributed by atoms with Gasteiger partial charge in [-0.1, -0.05) is 82.7 Å². The van der Waals surface area contributed by atoms with Gasteiger partial charge in [-0.25, -0.2) is 0 Å². The number of hydrogen-bond donors (Lipinski definition) is 3. The first-order chi connectivity index (χ1) is 16.5. The van der Waals surface area contributed by atoms with E-state index in [1.165, 1.54) is 44.4 Å². The molecule has 3 aromatic carbocycles. The molecule has 0 bridgehead atoms. The Labute approximate surface area is 200 Å². The van der Waals surface area contributed by atoms with Crippen LogP contribution in [0.3, 0.4) is 0 Å². The molecule has 172 valence electrons. The summed E-state index contributed by atoms with van der Waals surface area (Å²) in [6, 6.07) is 24.0. The van der Waals surface area contributed by atoms with Crippen LogP contribution in [0.2, 0.25) is 0 Å². The number of nitrogens with two attached hydrogens (primary N) is 1. The molecule has 0 spiro atoms. The minimum atomic E-state index is 0.0980. The fourth-order valence-electron chi connectivity index (χ4n) is 5.28. The van der Waals surface area contributed by atoms with Gasteiger partial charge in [-0.2, -0.15) is 0 Å². The lowest BCUT2D eigenvalue weighted by atomic mass is 9.90. The topological polar surface area (TPSA) is 81.8 Å². The highest BCUT2D eigenvalue weighted by atomic mass is 15.5. The van der Waals surface area contributed by atoms with Crippen LogP contribution in [0.1, 0.15) is 45.1 Å². The number of nitrogens with one attached hydrogen (secondary N) is 2. The number of aromatic amines is 1. The maximum absolute atomic E-state index is 5.15. The largest absolute Gasteiger partial charge is 0.357 e. The zero-order chi connectivity index (χ0) is 23.7. The molecule has 1 aliphatic rings. The van der Waals surface area contributed by atoms with Crippen LogP contribution < -0.4 is 11.3 Å². The molecule has 0 saturated heterocycles. The first-order valence-electron chi connectivity index (χ1n) is 11.6. The quantitative estimate of drug-likeness (QED) is 0.199. The van der Waals surface area contributed by atoms with Crippen molar-refractivity contribution in [3.8, 4) is 0 Å². The van der Waals surface area contributed by atoms with Gasteiger partial charge in [-0.3, -0.25) is 10.3 Å². The number of hydrogen-bond acceptors (Lipinski definition) is 3. The van der Waals surface area contributed by atoms with Crippen molar-refractivity contribution in [2.24, 2.45) is 16.3 Å². The molecule has 6 heteroatoms. The summed E-state index contributed by atoms with van der Waals surface area (Å²) in [5.74, 6) is 5.15. The molecule has 2 heterocycles. The van der Waals surface area contributed by atoms with Crippen LogP contribution in [0.25, 0.3) is 16.6 Å². The number of aryl methyl sites for hydroxylation is 2. The van der Waals surface area contributed by atoms with E-state index in [4.69, 9.17) is 5.84 Å². The summed E-state index contributed by atoms with van der Waals surface area (Å²) in [6.45, 7) is 10.3. The third kappa shape index (κ3) is 4.20. The molecule has 0 aliphatic carbocycles. The Morgan fingerprint density at radius 3 is 2.68 bits per heavy atom. The molecule has 4 aromatic rings. The van der Waals surface area contributed by atoms with Crippen molar-refractivity contribution in [1.29, 1.82) is 0 Å². The van der Waals surface area contributed by atoms with Gasteiger partial charge in [0.25, 0.3) is 0 Å². The third-order valence-electron chi connectivity index (χ3n) is 6.59. The summed E-state index contributed by atoms with van der Waals surface area (Å²) in [4.78, 5) is 6.33. The summed E-state index contributed by atoms with van der Waals surface area (Å²) in [5, 5.41) is 8.28. The molecule has 1 aliphatic heterocycles. The fourth-order valence-corrected chi connectivity index (χ4v) is 5.28. The van der Waals surface area contributed by atoms with Crippen molar-refractivity contribution < 1.29 is 0 Å². The van der Waals surface area contributed by atoms with Crippen LogP contribution in [0.15, 0.2) is 83.8 Å². The molecule has 34 heavy (non-hydrogen) atoms. The zero-order valence-corrected chi connectivity index (χ0v) is 19.7. The van der Waals surface area contributed by atoms with Gasteiger partial charge in [0.05, 0.1) is 11.7 Å². The number of rotatable bonds is 6. The second kappa shape index (κ2) is 9.15. The van der Waals surface area contributed by atoms with Crippen molar-refractivity contribution in [1.82, 2.24) is 15.3 Å². The second-order valence-corrected chi connectivity index (χ2v) is 9.11. The van der Waals surface area contributed by atoms with E-state index in [1.807, 2.05) is 6.07 Å². The van der Waals surface area contributed by atoms with E-state index in [1.54, 1.807) is 0 Å². The van der Waals surface area contributed by atoms with Crippen LogP contribution in [-0.2, 0) is 13.0 Å². The van der Waals surface area contributed by atoms with E-state index in [0.717, 1.165) is 25.1 Å². The summed E-state index contributed by atoms with van der Waals surface area (Å²) >= 11 is 0. The molecule has 1 atom stereocenters. The van der Waals surface area contributed by atoms with E-state index >= 15 is 0 Å². The predicted molar refractivity (Wildman–Crippen MR) is 138 cm³/mol. The average Bonchev–Trinajstić information content (AvgIpc) is 3.20. The number of aromatic nitrogens is 1. The molecule has 0 fully saturated rings. The summed E-state index contributed by atoms with van der Waals surface area (Å²) in [5.41, 5.74) is 13.4. The highest BCUT2D eigenvalue weighted by molar-refractivity contribution is 5.85. The first-order valence-corrected chi connectivity index (χ1v) is 11.6. The normalized spacial score (nSPS) is 16.1. The van der Waals surface area contributed by atoms with Crippen molar-refractivity contribution in [2.75, 3.05) is 6.54 Å². The standard InChI is InChI=1S/C28H30N6/c1-18-13-19(2)15-21(14-18)17-34-12-11-25-24-9-4-5-10-26(24)30-27(25)28(34)23-8-6-7-22(16-23)20(3)31-33-32-29/h4-10,13-16,28,30H,3,11-12,17H2,1-2H3,(H2,29,33)(H,31,32). The zero-order valence-electron chi connectivity index (χ0n) is 19.7. The summed E-state index contributed by atoms with van der Waals surface area (Å²) < 4.78 is 0. The van der Waals surface area contributed by atoms with E-state index in [9.17, 15) is 0 Å². The molecule has 0 radical (unpaired) electrons. The molecule has 6 nitrogen and oxygen atoms in total. The van der Waals surface area contributed by atoms with Crippen LogP contribution in [0.4, 0.5) is 0 Å². The highest BCUT2D eigenvalue weighted by Crippen LogP contribution is 2.39. The number of fused-ring (bicyclic) bond motifs is 3. The Kier molecular flexibility index (Phi) is 5.90. The van der Waals surface area contributed by atoms with Crippen LogP contribution in [0, 0.1) is 13.8 Å². The van der Waals surface area contributed by atoms with Crippen molar-refractivity contribution in [3.05, 3.63) is 112 Å². The maximum atomic E-state index is 5.15. The van der Waals surface area contributed by atoms with Gasteiger partial charge in [0, 0.05) is 29.7 Å². The Morgan fingerprint density at radius 2 is 1.88 bits per heavy atom. The molecule has 4 N–H and O–H groups in total. The van der Waals surface area contributed by atoms with E-state index in [0.29, 0.717) is 5.70 Å². The third-order valence-corrected chi connectivity index (χ3v) is 6.59. The Bertz CT molecular complexity index is 1360. The predicted octanol–water partition coefficient (Wildman–Crippen LogP) is 5.73. The van der Waals surface area contributed by atoms with E-state index in [2.05, 4.69) is 107 Å². The van der Waals surface area contributed by atoms with Crippen LogP contribution >= 0.6 is 0 Å². The van der Waals surface area contributed by atoms with E-state index < -0.39 is 0 Å². The summed E-state index contributed by atoms with van der Waals surface area (Å²) in [7, 11) is 0. The average molecular weight is 451 g/mol. The Morgan fingerprint density at radius 1 is 1.09 bits per heavy atom. The van der Waals surface area contributed by atoms with Crippen LogP contribution in [0.5, 0.6) is 0 Å². The minimum Gasteiger partial charge on any atom is -0.357 e. The van der Waals surface area contributed by atoms with Gasteiger partial charge in [0.15, 0.2) is 0 Å².